The van der Waals surface area contributed by atoms with Gasteiger partial charge in [-0.2, -0.15) is 0 Å². The summed E-state index contributed by atoms with van der Waals surface area (Å²) in [7, 11) is 1.65. The Morgan fingerprint density at radius 3 is 2.14 bits per heavy atom. The summed E-state index contributed by atoms with van der Waals surface area (Å²) >= 11 is 1.62. The summed E-state index contributed by atoms with van der Waals surface area (Å²) < 4.78 is 11.0. The number of hydrogen-bond donors (Lipinski definition) is 0. The van der Waals surface area contributed by atoms with E-state index in [-0.39, 0.29) is 0 Å². The Kier molecular flexibility index (Phi) is 6.93. The molecule has 0 saturated heterocycles. The highest BCUT2D eigenvalue weighted by molar-refractivity contribution is 8.14. The van der Waals surface area contributed by atoms with Gasteiger partial charge in [-0.15, -0.1) is 0 Å². The zero-order valence-electron chi connectivity index (χ0n) is 16.3. The number of benzene rings is 3. The van der Waals surface area contributed by atoms with E-state index in [0.717, 1.165) is 32.7 Å². The van der Waals surface area contributed by atoms with Crippen LogP contribution < -0.4 is 9.47 Å². The Labute approximate surface area is 170 Å². The summed E-state index contributed by atoms with van der Waals surface area (Å²) in [5, 5.41) is 0.892. The molecule has 0 aromatic heterocycles. The molecule has 3 rings (SSSR count). The fraction of sp³-hybridized carbons (Fsp3) is 0.125. The van der Waals surface area contributed by atoms with Crippen molar-refractivity contribution in [3.8, 4) is 11.5 Å². The lowest BCUT2D eigenvalue weighted by atomic mass is 10.2. The first-order chi connectivity index (χ1) is 13.6. The van der Waals surface area contributed by atoms with Crippen LogP contribution in [0, 0.1) is 6.92 Å². The SMILES string of the molecule is COc1ccc(OC=C(C)C(=Nc2ccccc2)Sc2ccc(C)cc2)cc1. The van der Waals surface area contributed by atoms with Gasteiger partial charge < -0.3 is 9.47 Å². The average Bonchev–Trinajstić information content (AvgIpc) is 2.74. The predicted molar refractivity (Wildman–Crippen MR) is 118 cm³/mol. The average molecular weight is 390 g/mol. The third-order valence-electron chi connectivity index (χ3n) is 3.99. The molecule has 3 aromatic carbocycles. The topological polar surface area (TPSA) is 30.8 Å². The van der Waals surface area contributed by atoms with Gasteiger partial charge in [0.05, 0.1) is 19.1 Å². The van der Waals surface area contributed by atoms with Crippen LogP contribution in [0.2, 0.25) is 0 Å². The van der Waals surface area contributed by atoms with Crippen LogP contribution in [-0.2, 0) is 0 Å². The lowest BCUT2D eigenvalue weighted by Gasteiger charge is -2.09. The van der Waals surface area contributed by atoms with Gasteiger partial charge in [0.15, 0.2) is 0 Å². The van der Waals surface area contributed by atoms with Crippen molar-refractivity contribution < 1.29 is 9.47 Å². The van der Waals surface area contributed by atoms with E-state index < -0.39 is 0 Å². The molecule has 0 bridgehead atoms. The van der Waals surface area contributed by atoms with E-state index in [4.69, 9.17) is 14.5 Å². The normalized spacial score (nSPS) is 12.0. The third-order valence-corrected chi connectivity index (χ3v) is 5.11. The van der Waals surface area contributed by atoms with Crippen molar-refractivity contribution in [3.05, 3.63) is 96.3 Å². The van der Waals surface area contributed by atoms with Crippen molar-refractivity contribution in [2.75, 3.05) is 7.11 Å². The fourth-order valence-electron chi connectivity index (χ4n) is 2.39. The van der Waals surface area contributed by atoms with E-state index in [2.05, 4.69) is 31.2 Å². The second-order valence-corrected chi connectivity index (χ2v) is 7.32. The summed E-state index contributed by atoms with van der Waals surface area (Å²) in [6.45, 7) is 4.09. The summed E-state index contributed by atoms with van der Waals surface area (Å²) in [4.78, 5) is 5.96. The van der Waals surface area contributed by atoms with Crippen LogP contribution >= 0.6 is 11.8 Å². The summed E-state index contributed by atoms with van der Waals surface area (Å²) in [6.07, 6.45) is 1.74. The first kappa shape index (κ1) is 19.8. The highest BCUT2D eigenvalue weighted by Crippen LogP contribution is 2.27. The number of aryl methyl sites for hydroxylation is 1. The zero-order chi connectivity index (χ0) is 19.8. The highest BCUT2D eigenvalue weighted by Gasteiger charge is 2.07. The molecule has 0 N–H and O–H groups in total. The highest BCUT2D eigenvalue weighted by atomic mass is 32.2. The number of aliphatic imine (C=N–C) groups is 1. The lowest BCUT2D eigenvalue weighted by Crippen LogP contribution is -1.97. The molecule has 0 atom stereocenters. The van der Waals surface area contributed by atoms with Gasteiger partial charge in [-0.1, -0.05) is 47.7 Å². The molecular weight excluding hydrogens is 366 g/mol. The minimum atomic E-state index is 0.750. The van der Waals surface area contributed by atoms with E-state index in [1.54, 1.807) is 25.1 Å². The van der Waals surface area contributed by atoms with E-state index in [1.165, 1.54) is 5.56 Å². The Balaban J connectivity index is 1.83. The molecular formula is C24H23NO2S. The maximum atomic E-state index is 5.83. The standard InChI is InChI=1S/C24H23NO2S/c1-18-9-15-23(16-10-18)28-24(25-20-7-5-4-6-8-20)19(2)17-27-22-13-11-21(26-3)12-14-22/h4-17H,1-3H3. The van der Waals surface area contributed by atoms with E-state index in [1.807, 2.05) is 61.5 Å². The molecule has 142 valence electrons. The quantitative estimate of drug-likeness (QED) is 0.201. The van der Waals surface area contributed by atoms with Gasteiger partial charge in [0.25, 0.3) is 0 Å². The minimum Gasteiger partial charge on any atom is -0.497 e. The molecule has 3 aromatic rings. The summed E-state index contributed by atoms with van der Waals surface area (Å²) in [5.41, 5.74) is 3.10. The number of ether oxygens (including phenoxy) is 2. The predicted octanol–water partition coefficient (Wildman–Crippen LogP) is 6.81. The van der Waals surface area contributed by atoms with Crippen LogP contribution in [0.4, 0.5) is 5.69 Å². The van der Waals surface area contributed by atoms with Crippen molar-refractivity contribution in [1.82, 2.24) is 0 Å². The molecule has 0 unspecified atom stereocenters. The zero-order valence-corrected chi connectivity index (χ0v) is 17.1. The summed E-state index contributed by atoms with van der Waals surface area (Å²) in [6, 6.07) is 25.9. The van der Waals surface area contributed by atoms with E-state index in [9.17, 15) is 0 Å². The smallest absolute Gasteiger partial charge is 0.126 e. The van der Waals surface area contributed by atoms with Gasteiger partial charge in [-0.3, -0.25) is 0 Å². The van der Waals surface area contributed by atoms with Gasteiger partial charge in [0.1, 0.15) is 16.5 Å². The molecule has 28 heavy (non-hydrogen) atoms. The fourth-order valence-corrected chi connectivity index (χ4v) is 3.25. The molecule has 0 fully saturated rings. The van der Waals surface area contributed by atoms with Gasteiger partial charge in [-0.25, -0.2) is 4.99 Å². The van der Waals surface area contributed by atoms with Gasteiger partial charge in [0.2, 0.25) is 0 Å². The number of hydrogen-bond acceptors (Lipinski definition) is 4. The number of nitrogens with zero attached hydrogens (tertiary/aromatic N) is 1. The van der Waals surface area contributed by atoms with Crippen LogP contribution in [0.3, 0.4) is 0 Å². The largest absolute Gasteiger partial charge is 0.497 e. The molecule has 0 saturated carbocycles. The Morgan fingerprint density at radius 1 is 0.857 bits per heavy atom. The van der Waals surface area contributed by atoms with E-state index >= 15 is 0 Å². The second-order valence-electron chi connectivity index (χ2n) is 6.26. The van der Waals surface area contributed by atoms with Gasteiger partial charge in [0, 0.05) is 10.5 Å². The third kappa shape index (κ3) is 5.76. The number of thioether (sulfide) groups is 1. The van der Waals surface area contributed by atoms with Crippen molar-refractivity contribution in [2.24, 2.45) is 4.99 Å². The molecule has 0 aliphatic carbocycles. The first-order valence-corrected chi connectivity index (χ1v) is 9.82. The number of methoxy groups -OCH3 is 1. The number of rotatable bonds is 6. The van der Waals surface area contributed by atoms with E-state index in [0.29, 0.717) is 0 Å². The Hall–Kier alpha value is -2.98. The van der Waals surface area contributed by atoms with Crippen LogP contribution in [0.1, 0.15) is 12.5 Å². The van der Waals surface area contributed by atoms with Crippen LogP contribution in [0.5, 0.6) is 11.5 Å². The van der Waals surface area contributed by atoms with Crippen LogP contribution in [0.15, 0.2) is 101 Å². The van der Waals surface area contributed by atoms with Gasteiger partial charge >= 0.3 is 0 Å². The Morgan fingerprint density at radius 2 is 1.50 bits per heavy atom. The first-order valence-electron chi connectivity index (χ1n) is 9.00. The lowest BCUT2D eigenvalue weighted by molar-refractivity contribution is 0.412. The van der Waals surface area contributed by atoms with Gasteiger partial charge in [-0.05, 0) is 62.4 Å². The molecule has 0 spiro atoms. The Bertz CT molecular complexity index is 946. The molecule has 3 nitrogen and oxygen atoms in total. The molecule has 4 heteroatoms. The monoisotopic (exact) mass is 389 g/mol. The maximum absolute atomic E-state index is 5.83. The molecule has 0 aliphatic heterocycles. The van der Waals surface area contributed by atoms with Crippen molar-refractivity contribution in [3.63, 3.8) is 0 Å². The van der Waals surface area contributed by atoms with Crippen molar-refractivity contribution >= 4 is 22.5 Å². The van der Waals surface area contributed by atoms with Crippen molar-refractivity contribution in [2.45, 2.75) is 18.7 Å². The minimum absolute atomic E-state index is 0.750. The van der Waals surface area contributed by atoms with Crippen molar-refractivity contribution in [1.29, 1.82) is 0 Å². The summed E-state index contributed by atoms with van der Waals surface area (Å²) in [5.74, 6) is 1.55. The molecule has 0 amide bonds. The van der Waals surface area contributed by atoms with Crippen LogP contribution in [0.25, 0.3) is 0 Å². The number of para-hydroxylation sites is 1. The van der Waals surface area contributed by atoms with Crippen LogP contribution in [-0.4, -0.2) is 12.2 Å². The molecule has 0 aliphatic rings. The second kappa shape index (κ2) is 9.81. The maximum Gasteiger partial charge on any atom is 0.126 e. The molecule has 0 heterocycles. The molecule has 0 radical (unpaired) electrons.